The van der Waals surface area contributed by atoms with Crippen LogP contribution in [0.2, 0.25) is 0 Å². The summed E-state index contributed by atoms with van der Waals surface area (Å²) in [4.78, 5) is 29.5. The summed E-state index contributed by atoms with van der Waals surface area (Å²) in [7, 11) is 0. The van der Waals surface area contributed by atoms with E-state index in [9.17, 15) is 9.59 Å². The summed E-state index contributed by atoms with van der Waals surface area (Å²) in [5, 5.41) is 2.90. The molecule has 1 aliphatic carbocycles. The fourth-order valence-electron chi connectivity index (χ4n) is 5.46. The molecule has 3 aromatic carbocycles. The maximum absolute atomic E-state index is 13.0. The van der Waals surface area contributed by atoms with E-state index in [4.69, 9.17) is 9.47 Å². The zero-order chi connectivity index (χ0) is 28.4. The molecule has 2 aliphatic rings. The molecule has 0 radical (unpaired) electrons. The van der Waals surface area contributed by atoms with Crippen LogP contribution in [0.4, 0.5) is 15.3 Å². The molecule has 8 heteroatoms. The molecule has 0 bridgehead atoms. The number of hydrogen-bond acceptors (Lipinski definition) is 5. The number of fused-ring (bicyclic) bond motifs is 3. The van der Waals surface area contributed by atoms with E-state index in [2.05, 4.69) is 75.3 Å². The summed E-state index contributed by atoms with van der Waals surface area (Å²) in [5.41, 5.74) is 7.25. The third-order valence-electron chi connectivity index (χ3n) is 7.48. The third kappa shape index (κ3) is 6.44. The molecule has 5 rings (SSSR count). The molecular weight excluding hydrogens is 617 g/mol. The highest BCUT2D eigenvalue weighted by Gasteiger charge is 2.30. The highest BCUT2D eigenvalue weighted by Crippen LogP contribution is 2.44. The Kier molecular flexibility index (Phi) is 8.37. The minimum absolute atomic E-state index is 0.0599. The molecule has 1 heterocycles. The number of rotatable bonds is 5. The molecule has 0 saturated carbocycles. The summed E-state index contributed by atoms with van der Waals surface area (Å²) >= 11 is 2.27. The van der Waals surface area contributed by atoms with E-state index in [1.165, 1.54) is 22.3 Å². The van der Waals surface area contributed by atoms with E-state index in [1.807, 2.05) is 45.9 Å². The molecule has 0 aromatic heterocycles. The highest BCUT2D eigenvalue weighted by molar-refractivity contribution is 14.1. The van der Waals surface area contributed by atoms with Crippen molar-refractivity contribution in [3.05, 3.63) is 86.5 Å². The smallest absolute Gasteiger partial charge is 0.412 e. The lowest BCUT2D eigenvalue weighted by Crippen LogP contribution is -2.48. The van der Waals surface area contributed by atoms with Crippen LogP contribution in [0, 0.1) is 10.5 Å². The van der Waals surface area contributed by atoms with Crippen LogP contribution < -0.4 is 5.32 Å². The van der Waals surface area contributed by atoms with Gasteiger partial charge in [0, 0.05) is 47.9 Å². The predicted octanol–water partition coefficient (Wildman–Crippen LogP) is 7.01. The number of ether oxygens (including phenoxy) is 2. The van der Waals surface area contributed by atoms with Crippen LogP contribution >= 0.6 is 22.6 Å². The van der Waals surface area contributed by atoms with Crippen molar-refractivity contribution in [1.29, 1.82) is 0 Å². The van der Waals surface area contributed by atoms with E-state index >= 15 is 0 Å². The van der Waals surface area contributed by atoms with Crippen molar-refractivity contribution in [2.75, 3.05) is 38.1 Å². The molecule has 40 heavy (non-hydrogen) atoms. The van der Waals surface area contributed by atoms with Gasteiger partial charge in [-0.15, -0.1) is 0 Å². The normalized spacial score (nSPS) is 15.4. The number of anilines is 1. The lowest BCUT2D eigenvalue weighted by molar-refractivity contribution is 0.0635. The molecule has 2 amide bonds. The average molecular weight is 654 g/mol. The number of nitrogens with one attached hydrogen (secondary N) is 1. The van der Waals surface area contributed by atoms with Crippen LogP contribution in [-0.2, 0) is 16.0 Å². The number of nitrogens with zero attached hydrogens (tertiary/aromatic N) is 2. The van der Waals surface area contributed by atoms with Crippen molar-refractivity contribution in [1.82, 2.24) is 9.80 Å². The van der Waals surface area contributed by atoms with Crippen LogP contribution in [0.5, 0.6) is 0 Å². The first-order valence-corrected chi connectivity index (χ1v) is 14.8. The zero-order valence-corrected chi connectivity index (χ0v) is 25.7. The second kappa shape index (κ2) is 11.8. The first-order chi connectivity index (χ1) is 19.1. The molecule has 7 nitrogen and oxygen atoms in total. The van der Waals surface area contributed by atoms with Crippen LogP contribution in [0.15, 0.2) is 60.7 Å². The Morgan fingerprint density at radius 2 is 1.55 bits per heavy atom. The van der Waals surface area contributed by atoms with E-state index < -0.39 is 11.7 Å². The third-order valence-corrected chi connectivity index (χ3v) is 8.10. The highest BCUT2D eigenvalue weighted by atomic mass is 127. The number of amides is 2. The molecule has 1 saturated heterocycles. The fraction of sp³-hybridized carbons (Fsp3) is 0.375. The Hall–Kier alpha value is -3.11. The average Bonchev–Trinajstić information content (AvgIpc) is 3.23. The number of hydrogen-bond donors (Lipinski definition) is 1. The van der Waals surface area contributed by atoms with Crippen molar-refractivity contribution in [2.45, 2.75) is 45.8 Å². The van der Waals surface area contributed by atoms with Crippen molar-refractivity contribution in [3.8, 4) is 11.1 Å². The van der Waals surface area contributed by atoms with Gasteiger partial charge in [0.05, 0.1) is 0 Å². The second-order valence-corrected chi connectivity index (χ2v) is 12.7. The molecule has 1 fully saturated rings. The maximum Gasteiger partial charge on any atom is 0.412 e. The van der Waals surface area contributed by atoms with Crippen LogP contribution in [0.1, 0.15) is 48.9 Å². The molecule has 210 valence electrons. The van der Waals surface area contributed by atoms with Crippen LogP contribution in [-0.4, -0.2) is 60.4 Å². The number of carbonyl (C=O) groups is 2. The number of halogens is 1. The molecule has 0 unspecified atom stereocenters. The lowest BCUT2D eigenvalue weighted by Gasteiger charge is -2.34. The monoisotopic (exact) mass is 653 g/mol. The first-order valence-electron chi connectivity index (χ1n) is 13.7. The SMILES string of the molecule is Cc1c(CN2CCN(C(=O)OCC3c4ccccc4-c4ccccc43)CC2)cc(I)cc1NC(=O)OC(C)(C)C. The van der Waals surface area contributed by atoms with Gasteiger partial charge in [0.1, 0.15) is 12.2 Å². The largest absolute Gasteiger partial charge is 0.448 e. The number of benzene rings is 3. The first kappa shape index (κ1) is 28.4. The van der Waals surface area contributed by atoms with Gasteiger partial charge in [-0.1, -0.05) is 48.5 Å². The van der Waals surface area contributed by atoms with E-state index in [1.54, 1.807) is 4.90 Å². The maximum atomic E-state index is 13.0. The van der Waals surface area contributed by atoms with Crippen molar-refractivity contribution in [2.24, 2.45) is 0 Å². The van der Waals surface area contributed by atoms with Crippen LogP contribution in [0.3, 0.4) is 0 Å². The molecule has 0 atom stereocenters. The molecule has 0 spiro atoms. The lowest BCUT2D eigenvalue weighted by atomic mass is 9.98. The van der Waals surface area contributed by atoms with Gasteiger partial charge < -0.3 is 14.4 Å². The zero-order valence-electron chi connectivity index (χ0n) is 23.5. The predicted molar refractivity (Wildman–Crippen MR) is 166 cm³/mol. The van der Waals surface area contributed by atoms with Crippen molar-refractivity contribution >= 4 is 40.5 Å². The minimum Gasteiger partial charge on any atom is -0.448 e. The van der Waals surface area contributed by atoms with Gasteiger partial charge in [-0.2, -0.15) is 0 Å². The number of piperazine rings is 1. The molecular formula is C32H36IN3O4. The van der Waals surface area contributed by atoms with Gasteiger partial charge >= 0.3 is 12.2 Å². The van der Waals surface area contributed by atoms with Gasteiger partial charge in [0.25, 0.3) is 0 Å². The summed E-state index contributed by atoms with van der Waals surface area (Å²) in [6.07, 6.45) is -0.712. The Labute approximate surface area is 250 Å². The second-order valence-electron chi connectivity index (χ2n) is 11.4. The topological polar surface area (TPSA) is 71.1 Å². The minimum atomic E-state index is -0.560. The van der Waals surface area contributed by atoms with Gasteiger partial charge in [0.2, 0.25) is 0 Å². The van der Waals surface area contributed by atoms with Gasteiger partial charge in [0.15, 0.2) is 0 Å². The number of carbonyl (C=O) groups excluding carboxylic acids is 2. The summed E-state index contributed by atoms with van der Waals surface area (Å²) < 4.78 is 12.3. The summed E-state index contributed by atoms with van der Waals surface area (Å²) in [5.74, 6) is 0.0599. The molecule has 1 aliphatic heterocycles. The van der Waals surface area contributed by atoms with Gasteiger partial charge in [-0.25, -0.2) is 9.59 Å². The van der Waals surface area contributed by atoms with E-state index in [0.29, 0.717) is 19.7 Å². The molecule has 3 aromatic rings. The fourth-order valence-corrected chi connectivity index (χ4v) is 6.15. The Bertz CT molecular complexity index is 1360. The Morgan fingerprint density at radius 1 is 0.950 bits per heavy atom. The van der Waals surface area contributed by atoms with Crippen molar-refractivity contribution < 1.29 is 19.1 Å². The summed E-state index contributed by atoms with van der Waals surface area (Å²) in [6, 6.07) is 20.9. The Morgan fingerprint density at radius 3 is 2.15 bits per heavy atom. The van der Waals surface area contributed by atoms with E-state index in [0.717, 1.165) is 40.0 Å². The van der Waals surface area contributed by atoms with Gasteiger partial charge in [-0.05, 0) is 95.8 Å². The van der Waals surface area contributed by atoms with Crippen LogP contribution in [0.25, 0.3) is 11.1 Å². The molecule has 1 N–H and O–H groups in total. The summed E-state index contributed by atoms with van der Waals surface area (Å²) in [6.45, 7) is 11.4. The quantitative estimate of drug-likeness (QED) is 0.300. The Balaban J connectivity index is 1.16. The van der Waals surface area contributed by atoms with E-state index in [-0.39, 0.29) is 12.0 Å². The van der Waals surface area contributed by atoms with Gasteiger partial charge in [-0.3, -0.25) is 10.2 Å². The van der Waals surface area contributed by atoms with Crippen molar-refractivity contribution in [3.63, 3.8) is 0 Å². The standard InChI is InChI=1S/C32H36IN3O4/c1-21-22(17-23(33)18-29(21)34-30(37)40-32(2,3)4)19-35-13-15-36(16-14-35)31(38)39-20-28-26-11-7-5-9-24(26)25-10-6-8-12-27(25)28/h5-12,17-18,28H,13-16,19-20H2,1-4H3,(H,34,37).